The number of rotatable bonds is 5. The van der Waals surface area contributed by atoms with Crippen LogP contribution in [0.4, 0.5) is 0 Å². The Bertz CT molecular complexity index is 3510. The van der Waals surface area contributed by atoms with E-state index in [1.54, 1.807) is 0 Å². The van der Waals surface area contributed by atoms with Gasteiger partial charge in [0.1, 0.15) is 0 Å². The van der Waals surface area contributed by atoms with Gasteiger partial charge in [0.15, 0.2) is 5.82 Å². The standard InChI is InChI=1S/C55H33N3S/c1-2-14-38(15-3-1)55-57-52(41-28-22-34-12-4-6-16-39(34)32-41)49(53(58-55)42-29-23-35-13-5-7-17-40(35)33-42)36-24-26-37(27-25-36)51-46-31-30-44-43-18-9-11-21-48(43)59-54(44)50(46)45-19-8-10-20-47(45)56-51/h1-33H. The molecular weight excluding hydrogens is 735 g/mol. The largest absolute Gasteiger partial charge is 0.247 e. The van der Waals surface area contributed by atoms with E-state index in [4.69, 9.17) is 15.0 Å². The highest BCUT2D eigenvalue weighted by Gasteiger charge is 2.22. The van der Waals surface area contributed by atoms with E-state index < -0.39 is 0 Å². The summed E-state index contributed by atoms with van der Waals surface area (Å²) in [7, 11) is 0. The van der Waals surface area contributed by atoms with Crippen LogP contribution in [0.15, 0.2) is 200 Å². The average Bonchev–Trinajstić information content (AvgIpc) is 3.70. The van der Waals surface area contributed by atoms with Gasteiger partial charge in [-0.05, 0) is 51.4 Å². The van der Waals surface area contributed by atoms with E-state index >= 15 is 0 Å². The molecule has 0 spiro atoms. The molecule has 3 aromatic heterocycles. The topological polar surface area (TPSA) is 38.7 Å². The van der Waals surface area contributed by atoms with Crippen molar-refractivity contribution in [2.24, 2.45) is 0 Å². The minimum absolute atomic E-state index is 0.691. The highest BCUT2D eigenvalue weighted by atomic mass is 32.1. The van der Waals surface area contributed by atoms with E-state index in [9.17, 15) is 0 Å². The van der Waals surface area contributed by atoms with Crippen molar-refractivity contribution >= 4 is 74.7 Å². The van der Waals surface area contributed by atoms with Crippen molar-refractivity contribution in [3.05, 3.63) is 200 Å². The predicted molar refractivity (Wildman–Crippen MR) is 250 cm³/mol. The van der Waals surface area contributed by atoms with E-state index in [1.807, 2.05) is 29.5 Å². The van der Waals surface area contributed by atoms with Gasteiger partial charge in [-0.25, -0.2) is 15.0 Å². The van der Waals surface area contributed by atoms with E-state index in [0.29, 0.717) is 5.82 Å². The van der Waals surface area contributed by atoms with Crippen molar-refractivity contribution in [1.29, 1.82) is 0 Å². The summed E-state index contributed by atoms with van der Waals surface area (Å²) in [6.07, 6.45) is 0. The molecule has 0 saturated carbocycles. The molecule has 0 aliphatic carbocycles. The van der Waals surface area contributed by atoms with Gasteiger partial charge in [0.2, 0.25) is 0 Å². The maximum Gasteiger partial charge on any atom is 0.160 e. The SMILES string of the molecule is c1ccc(-c2nc(-c3ccc4ccccc4c3)c(-c3ccc(-c4nc5ccccc5c5c4ccc4c6ccccc6sc45)cc3)c(-c3ccc4ccccc4c3)n2)cc1. The molecule has 59 heavy (non-hydrogen) atoms. The number of para-hydroxylation sites is 1. The third kappa shape index (κ3) is 5.60. The number of thiophene rings is 1. The first-order valence-corrected chi connectivity index (χ1v) is 20.7. The zero-order valence-electron chi connectivity index (χ0n) is 31.8. The van der Waals surface area contributed by atoms with Gasteiger partial charge in [0.05, 0.1) is 22.6 Å². The van der Waals surface area contributed by atoms with Crippen LogP contribution in [0.25, 0.3) is 120 Å². The van der Waals surface area contributed by atoms with Crippen LogP contribution in [0, 0.1) is 0 Å². The molecular formula is C55H33N3S. The number of hydrogen-bond donors (Lipinski definition) is 0. The predicted octanol–water partition coefficient (Wildman–Crippen LogP) is 15.2. The molecule has 3 heterocycles. The molecule has 274 valence electrons. The molecule has 0 atom stereocenters. The van der Waals surface area contributed by atoms with Crippen LogP contribution in [0.1, 0.15) is 0 Å². The maximum atomic E-state index is 5.43. The number of pyridine rings is 1. The van der Waals surface area contributed by atoms with Crippen LogP contribution in [0.3, 0.4) is 0 Å². The highest BCUT2D eigenvalue weighted by Crippen LogP contribution is 2.45. The van der Waals surface area contributed by atoms with Crippen LogP contribution >= 0.6 is 11.3 Å². The maximum absolute atomic E-state index is 5.43. The molecule has 0 saturated heterocycles. The Morgan fingerprint density at radius 2 is 0.864 bits per heavy atom. The molecule has 12 rings (SSSR count). The molecule has 0 N–H and O–H groups in total. The van der Waals surface area contributed by atoms with Gasteiger partial charge in [0, 0.05) is 64.1 Å². The fourth-order valence-corrected chi connectivity index (χ4v) is 10.0. The van der Waals surface area contributed by atoms with Gasteiger partial charge in [-0.15, -0.1) is 11.3 Å². The third-order valence-corrected chi connectivity index (χ3v) is 12.8. The Kier molecular flexibility index (Phi) is 7.72. The van der Waals surface area contributed by atoms with Crippen LogP contribution in [0.2, 0.25) is 0 Å². The quantitative estimate of drug-likeness (QED) is 0.164. The van der Waals surface area contributed by atoms with E-state index in [0.717, 1.165) is 61.4 Å². The van der Waals surface area contributed by atoms with Gasteiger partial charge >= 0.3 is 0 Å². The first kappa shape index (κ1) is 33.6. The van der Waals surface area contributed by atoms with Crippen LogP contribution in [0.5, 0.6) is 0 Å². The average molecular weight is 768 g/mol. The van der Waals surface area contributed by atoms with Crippen molar-refractivity contribution in [2.45, 2.75) is 0 Å². The Hall–Kier alpha value is -7.53. The van der Waals surface area contributed by atoms with Crippen molar-refractivity contribution in [1.82, 2.24) is 15.0 Å². The molecule has 0 aliphatic heterocycles. The van der Waals surface area contributed by atoms with Crippen molar-refractivity contribution < 1.29 is 0 Å². The lowest BCUT2D eigenvalue weighted by atomic mass is 9.91. The van der Waals surface area contributed by atoms with Crippen LogP contribution in [-0.2, 0) is 0 Å². The second-order valence-corrected chi connectivity index (χ2v) is 16.2. The smallest absolute Gasteiger partial charge is 0.160 e. The monoisotopic (exact) mass is 767 g/mol. The van der Waals surface area contributed by atoms with Gasteiger partial charge in [-0.1, -0.05) is 176 Å². The van der Waals surface area contributed by atoms with Crippen LogP contribution in [-0.4, -0.2) is 15.0 Å². The van der Waals surface area contributed by atoms with Gasteiger partial charge < -0.3 is 0 Å². The summed E-state index contributed by atoms with van der Waals surface area (Å²) >= 11 is 1.87. The summed E-state index contributed by atoms with van der Waals surface area (Å²) in [5.74, 6) is 0.691. The van der Waals surface area contributed by atoms with E-state index in [1.165, 1.54) is 52.5 Å². The summed E-state index contributed by atoms with van der Waals surface area (Å²) in [6, 6.07) is 71.4. The molecule has 9 aromatic carbocycles. The Labute approximate surface area is 344 Å². The molecule has 0 fully saturated rings. The van der Waals surface area contributed by atoms with Gasteiger partial charge in [-0.2, -0.15) is 0 Å². The van der Waals surface area contributed by atoms with E-state index in [2.05, 4.69) is 182 Å². The van der Waals surface area contributed by atoms with Crippen molar-refractivity contribution in [3.63, 3.8) is 0 Å². The lowest BCUT2D eigenvalue weighted by Gasteiger charge is -2.18. The molecule has 0 aliphatic rings. The van der Waals surface area contributed by atoms with Crippen molar-refractivity contribution in [2.75, 3.05) is 0 Å². The summed E-state index contributed by atoms with van der Waals surface area (Å²) in [5.41, 5.74) is 9.89. The zero-order chi connectivity index (χ0) is 38.9. The number of nitrogens with zero attached hydrogens (tertiary/aromatic N) is 3. The highest BCUT2D eigenvalue weighted by molar-refractivity contribution is 7.26. The van der Waals surface area contributed by atoms with Gasteiger partial charge in [-0.3, -0.25) is 0 Å². The van der Waals surface area contributed by atoms with Gasteiger partial charge in [0.25, 0.3) is 0 Å². The number of benzene rings is 9. The molecule has 0 bridgehead atoms. The second-order valence-electron chi connectivity index (χ2n) is 15.1. The fourth-order valence-electron chi connectivity index (χ4n) is 8.77. The summed E-state index contributed by atoms with van der Waals surface area (Å²) < 4.78 is 2.60. The molecule has 3 nitrogen and oxygen atoms in total. The molecule has 12 aromatic rings. The van der Waals surface area contributed by atoms with E-state index in [-0.39, 0.29) is 0 Å². The van der Waals surface area contributed by atoms with Crippen LogP contribution < -0.4 is 0 Å². The Balaban J connectivity index is 1.10. The summed E-state index contributed by atoms with van der Waals surface area (Å²) in [5, 5.41) is 10.9. The summed E-state index contributed by atoms with van der Waals surface area (Å²) in [4.78, 5) is 16.2. The first-order chi connectivity index (χ1) is 29.2. The van der Waals surface area contributed by atoms with Crippen molar-refractivity contribution in [3.8, 4) is 56.3 Å². The fraction of sp³-hybridized carbons (Fsp3) is 0. The molecule has 0 radical (unpaired) electrons. The minimum Gasteiger partial charge on any atom is -0.247 e. The minimum atomic E-state index is 0.691. The zero-order valence-corrected chi connectivity index (χ0v) is 32.6. The Morgan fingerprint density at radius 1 is 0.322 bits per heavy atom. The lowest BCUT2D eigenvalue weighted by molar-refractivity contribution is 1.19. The summed E-state index contributed by atoms with van der Waals surface area (Å²) in [6.45, 7) is 0. The first-order valence-electron chi connectivity index (χ1n) is 19.9. The lowest BCUT2D eigenvalue weighted by Crippen LogP contribution is -2.01. The molecule has 0 unspecified atom stereocenters. The molecule has 4 heteroatoms. The second kappa shape index (κ2) is 13.6. The molecule has 0 amide bonds. The Morgan fingerprint density at radius 3 is 1.56 bits per heavy atom. The normalized spacial score (nSPS) is 11.7. The third-order valence-electron chi connectivity index (χ3n) is 11.6. The number of hydrogen-bond acceptors (Lipinski definition) is 4. The number of aromatic nitrogens is 3. The number of fused-ring (bicyclic) bond motifs is 9.